The van der Waals surface area contributed by atoms with Crippen molar-refractivity contribution in [3.05, 3.63) is 11.7 Å². The topological polar surface area (TPSA) is 76.2 Å². The van der Waals surface area contributed by atoms with Gasteiger partial charge < -0.3 is 9.63 Å². The Morgan fingerprint density at radius 2 is 1.85 bits per heavy atom. The zero-order chi connectivity index (χ0) is 13.8. The number of carboxylic acids is 1. The molecule has 0 amide bonds. The highest BCUT2D eigenvalue weighted by Gasteiger charge is 2.55. The van der Waals surface area contributed by atoms with Crippen LogP contribution in [0.1, 0.15) is 63.1 Å². The first-order valence-corrected chi connectivity index (χ1v) is 7.68. The van der Waals surface area contributed by atoms with Gasteiger partial charge in [0.25, 0.3) is 0 Å². The average Bonchev–Trinajstić information content (AvgIpc) is 3.15. The fourth-order valence-electron chi connectivity index (χ4n) is 3.96. The standard InChI is InChI=1S/C15H20N2O3/c18-13(19)15-6-3-14(4-7-15,5-8-15)12-16-11(17-20-12)9-10-1-2-10/h10H,1-9H2,(H,18,19). The van der Waals surface area contributed by atoms with Crippen molar-refractivity contribution in [1.82, 2.24) is 10.1 Å². The smallest absolute Gasteiger partial charge is 0.309 e. The third kappa shape index (κ3) is 1.79. The first kappa shape index (κ1) is 12.4. The average molecular weight is 276 g/mol. The molecule has 0 atom stereocenters. The maximum atomic E-state index is 11.5. The Bertz CT molecular complexity index is 523. The highest BCUT2D eigenvalue weighted by molar-refractivity contribution is 5.75. The van der Waals surface area contributed by atoms with Gasteiger partial charge in [-0.2, -0.15) is 4.98 Å². The van der Waals surface area contributed by atoms with Gasteiger partial charge in [-0.25, -0.2) is 0 Å². The number of fused-ring (bicyclic) bond motifs is 3. The number of hydrogen-bond acceptors (Lipinski definition) is 4. The van der Waals surface area contributed by atoms with E-state index in [0.717, 1.165) is 62.6 Å². The number of hydrogen-bond donors (Lipinski definition) is 1. The second-order valence-electron chi connectivity index (χ2n) is 7.03. The molecule has 5 heteroatoms. The molecule has 4 aliphatic rings. The van der Waals surface area contributed by atoms with Gasteiger partial charge in [0, 0.05) is 11.8 Å². The number of aromatic nitrogens is 2. The number of rotatable bonds is 4. The van der Waals surface area contributed by atoms with Crippen LogP contribution in [0.5, 0.6) is 0 Å². The van der Waals surface area contributed by atoms with Crippen molar-refractivity contribution in [2.24, 2.45) is 11.3 Å². The molecule has 2 bridgehead atoms. The molecule has 4 saturated carbocycles. The van der Waals surface area contributed by atoms with Crippen LogP contribution >= 0.6 is 0 Å². The molecule has 0 unspecified atom stereocenters. The summed E-state index contributed by atoms with van der Waals surface area (Å²) in [5.41, 5.74) is -0.509. The molecule has 5 rings (SSSR count). The molecule has 1 aromatic rings. The van der Waals surface area contributed by atoms with E-state index >= 15 is 0 Å². The first-order chi connectivity index (χ1) is 9.62. The van der Waals surface area contributed by atoms with Crippen LogP contribution in [0.4, 0.5) is 0 Å². The largest absolute Gasteiger partial charge is 0.481 e. The molecule has 0 spiro atoms. The summed E-state index contributed by atoms with van der Waals surface area (Å²) in [5.74, 6) is 1.76. The SMILES string of the molecule is O=C(O)C12CCC(c3nc(CC4CC4)no3)(CC1)CC2. The molecule has 0 saturated heterocycles. The molecule has 0 aliphatic heterocycles. The third-order valence-electron chi connectivity index (χ3n) is 5.79. The molecule has 0 radical (unpaired) electrons. The molecular formula is C15H20N2O3. The van der Waals surface area contributed by atoms with E-state index < -0.39 is 11.4 Å². The molecule has 1 aromatic heterocycles. The lowest BCUT2D eigenvalue weighted by molar-refractivity contribution is -0.156. The summed E-state index contributed by atoms with van der Waals surface area (Å²) in [6, 6.07) is 0. The van der Waals surface area contributed by atoms with Crippen LogP contribution < -0.4 is 0 Å². The van der Waals surface area contributed by atoms with E-state index in [1.807, 2.05) is 0 Å². The van der Waals surface area contributed by atoms with E-state index in [9.17, 15) is 9.90 Å². The van der Waals surface area contributed by atoms with Crippen LogP contribution in [-0.2, 0) is 16.6 Å². The lowest BCUT2D eigenvalue weighted by Crippen LogP contribution is -2.48. The molecule has 0 aromatic carbocycles. The highest BCUT2D eigenvalue weighted by atomic mass is 16.5. The van der Waals surface area contributed by atoms with E-state index in [0.29, 0.717) is 0 Å². The lowest BCUT2D eigenvalue weighted by atomic mass is 9.53. The highest BCUT2D eigenvalue weighted by Crippen LogP contribution is 2.57. The Morgan fingerprint density at radius 1 is 1.20 bits per heavy atom. The van der Waals surface area contributed by atoms with Crippen molar-refractivity contribution < 1.29 is 14.4 Å². The normalized spacial score (nSPS) is 36.2. The van der Waals surface area contributed by atoms with Gasteiger partial charge in [0.15, 0.2) is 5.82 Å². The van der Waals surface area contributed by atoms with Gasteiger partial charge in [-0.1, -0.05) is 5.16 Å². The van der Waals surface area contributed by atoms with Crippen LogP contribution in [0.2, 0.25) is 0 Å². The maximum Gasteiger partial charge on any atom is 0.309 e. The second-order valence-corrected chi connectivity index (χ2v) is 7.03. The van der Waals surface area contributed by atoms with E-state index in [-0.39, 0.29) is 5.41 Å². The van der Waals surface area contributed by atoms with Crippen LogP contribution in [0.3, 0.4) is 0 Å². The Balaban J connectivity index is 1.54. The number of nitrogens with zero attached hydrogens (tertiary/aromatic N) is 2. The maximum absolute atomic E-state index is 11.5. The molecule has 4 aliphatic carbocycles. The predicted octanol–water partition coefficient (Wildman–Crippen LogP) is 2.70. The minimum atomic E-state index is -0.620. The molecule has 1 N–H and O–H groups in total. The summed E-state index contributed by atoms with van der Waals surface area (Å²) in [7, 11) is 0. The minimum absolute atomic E-state index is 0.0357. The Morgan fingerprint density at radius 3 is 2.40 bits per heavy atom. The predicted molar refractivity (Wildman–Crippen MR) is 70.2 cm³/mol. The van der Waals surface area contributed by atoms with Crippen LogP contribution in [0, 0.1) is 11.3 Å². The molecule has 1 heterocycles. The summed E-state index contributed by atoms with van der Waals surface area (Å²) in [6.45, 7) is 0. The number of carboxylic acid groups (broad SMARTS) is 1. The second kappa shape index (κ2) is 4.06. The zero-order valence-electron chi connectivity index (χ0n) is 11.6. The summed E-state index contributed by atoms with van der Waals surface area (Å²) in [5, 5.41) is 13.6. The summed E-state index contributed by atoms with van der Waals surface area (Å²) in [4.78, 5) is 16.1. The molecule has 20 heavy (non-hydrogen) atoms. The van der Waals surface area contributed by atoms with Gasteiger partial charge in [0.05, 0.1) is 5.41 Å². The van der Waals surface area contributed by atoms with Gasteiger partial charge >= 0.3 is 5.97 Å². The van der Waals surface area contributed by atoms with Crippen LogP contribution in [0.15, 0.2) is 4.52 Å². The van der Waals surface area contributed by atoms with Gasteiger partial charge in [0.1, 0.15) is 0 Å². The van der Waals surface area contributed by atoms with E-state index in [2.05, 4.69) is 10.1 Å². The summed E-state index contributed by atoms with van der Waals surface area (Å²) in [6.07, 6.45) is 8.41. The van der Waals surface area contributed by atoms with Crippen molar-refractivity contribution in [1.29, 1.82) is 0 Å². The van der Waals surface area contributed by atoms with E-state index in [4.69, 9.17) is 4.52 Å². The van der Waals surface area contributed by atoms with E-state index in [1.165, 1.54) is 12.8 Å². The summed E-state index contributed by atoms with van der Waals surface area (Å²) < 4.78 is 5.54. The summed E-state index contributed by atoms with van der Waals surface area (Å²) >= 11 is 0. The third-order valence-corrected chi connectivity index (χ3v) is 5.79. The van der Waals surface area contributed by atoms with Crippen molar-refractivity contribution in [2.75, 3.05) is 0 Å². The van der Waals surface area contributed by atoms with Crippen molar-refractivity contribution in [2.45, 2.75) is 63.2 Å². The molecule has 108 valence electrons. The first-order valence-electron chi connectivity index (χ1n) is 7.68. The van der Waals surface area contributed by atoms with Gasteiger partial charge in [0.2, 0.25) is 5.89 Å². The van der Waals surface area contributed by atoms with Crippen molar-refractivity contribution in [3.8, 4) is 0 Å². The lowest BCUT2D eigenvalue weighted by Gasteiger charge is -2.49. The van der Waals surface area contributed by atoms with E-state index in [1.54, 1.807) is 0 Å². The van der Waals surface area contributed by atoms with Gasteiger partial charge in [-0.15, -0.1) is 0 Å². The zero-order valence-corrected chi connectivity index (χ0v) is 11.6. The molecule has 4 fully saturated rings. The van der Waals surface area contributed by atoms with Gasteiger partial charge in [-0.05, 0) is 57.3 Å². The van der Waals surface area contributed by atoms with Crippen molar-refractivity contribution in [3.63, 3.8) is 0 Å². The Labute approximate surface area is 117 Å². The monoisotopic (exact) mass is 276 g/mol. The van der Waals surface area contributed by atoms with Crippen LogP contribution in [-0.4, -0.2) is 21.2 Å². The number of carbonyl (C=O) groups is 1. The molecule has 5 nitrogen and oxygen atoms in total. The quantitative estimate of drug-likeness (QED) is 0.915. The van der Waals surface area contributed by atoms with Crippen LogP contribution in [0.25, 0.3) is 0 Å². The fourth-order valence-corrected chi connectivity index (χ4v) is 3.96. The fraction of sp³-hybridized carbons (Fsp3) is 0.800. The Hall–Kier alpha value is -1.39. The van der Waals surface area contributed by atoms with Gasteiger partial charge in [-0.3, -0.25) is 4.79 Å². The number of aliphatic carboxylic acids is 1. The Kier molecular flexibility index (Phi) is 2.51. The minimum Gasteiger partial charge on any atom is -0.481 e. The van der Waals surface area contributed by atoms with Crippen molar-refractivity contribution >= 4 is 5.97 Å². The molecular weight excluding hydrogens is 256 g/mol.